The fourth-order valence-electron chi connectivity index (χ4n) is 2.95. The van der Waals surface area contributed by atoms with Crippen LogP contribution >= 0.6 is 0 Å². The number of fused-ring (bicyclic) bond motifs is 3. The largest absolute Gasteiger partial charge is 0.484 e. The molecule has 3 rings (SSSR count). The van der Waals surface area contributed by atoms with Crippen LogP contribution in [-0.2, 0) is 17.6 Å². The van der Waals surface area contributed by atoms with Crippen LogP contribution in [0.1, 0.15) is 31.1 Å². The summed E-state index contributed by atoms with van der Waals surface area (Å²) in [7, 11) is 1.67. The van der Waals surface area contributed by atoms with Crippen LogP contribution in [0.4, 0.5) is 0 Å². The summed E-state index contributed by atoms with van der Waals surface area (Å²) in [6.45, 7) is 1.70. The third-order valence-electron chi connectivity index (χ3n) is 4.61. The average Bonchev–Trinajstić information content (AvgIpc) is 2.96. The monoisotopic (exact) mass is 317 g/mol. The van der Waals surface area contributed by atoms with E-state index >= 15 is 0 Å². The Morgan fingerprint density at radius 1 is 1.39 bits per heavy atom. The normalized spacial score (nSPS) is 15.3. The number of hydrogen-bond donors (Lipinski definition) is 1. The van der Waals surface area contributed by atoms with E-state index in [0.29, 0.717) is 5.75 Å². The highest BCUT2D eigenvalue weighted by molar-refractivity contribution is 5.84. The lowest BCUT2D eigenvalue weighted by atomic mass is 9.96. The van der Waals surface area contributed by atoms with Gasteiger partial charge < -0.3 is 19.2 Å². The van der Waals surface area contributed by atoms with E-state index in [-0.39, 0.29) is 25.2 Å². The maximum absolute atomic E-state index is 12.0. The molecule has 124 valence electrons. The standard InChI is InChI=1S/C18H23NO4/c1-12(10-20)19(2)18(21)11-22-13-7-8-17-15(9-13)14-5-3-4-6-16(14)23-17/h7-9,12,20H,3-6,10-11H2,1-2H3. The first-order chi connectivity index (χ1) is 11.1. The van der Waals surface area contributed by atoms with Gasteiger partial charge in [0.2, 0.25) is 0 Å². The Hall–Kier alpha value is -2.01. The van der Waals surface area contributed by atoms with E-state index in [1.807, 2.05) is 18.2 Å². The van der Waals surface area contributed by atoms with Crippen LogP contribution in [0, 0.1) is 0 Å². The number of aryl methyl sites for hydroxylation is 2. The predicted molar refractivity (Wildman–Crippen MR) is 87.7 cm³/mol. The molecule has 0 bridgehead atoms. The van der Waals surface area contributed by atoms with Crippen molar-refractivity contribution in [2.45, 2.75) is 38.6 Å². The Morgan fingerprint density at radius 3 is 2.96 bits per heavy atom. The molecule has 23 heavy (non-hydrogen) atoms. The summed E-state index contributed by atoms with van der Waals surface area (Å²) in [5, 5.41) is 10.2. The van der Waals surface area contributed by atoms with Crippen molar-refractivity contribution in [3.05, 3.63) is 29.5 Å². The number of aliphatic hydroxyl groups excluding tert-OH is 1. The SMILES string of the molecule is CC(CO)N(C)C(=O)COc1ccc2oc3c(c2c1)CCCC3. The Labute approximate surface area is 135 Å². The lowest BCUT2D eigenvalue weighted by molar-refractivity contribution is -0.134. The van der Waals surface area contributed by atoms with E-state index in [0.717, 1.165) is 29.6 Å². The van der Waals surface area contributed by atoms with Gasteiger partial charge in [0, 0.05) is 24.4 Å². The van der Waals surface area contributed by atoms with Crippen molar-refractivity contribution in [1.29, 1.82) is 0 Å². The summed E-state index contributed by atoms with van der Waals surface area (Å²) in [5.41, 5.74) is 2.18. The zero-order chi connectivity index (χ0) is 16.4. The van der Waals surface area contributed by atoms with E-state index in [9.17, 15) is 4.79 Å². The maximum atomic E-state index is 12.0. The van der Waals surface area contributed by atoms with Crippen LogP contribution in [0.3, 0.4) is 0 Å². The third-order valence-corrected chi connectivity index (χ3v) is 4.61. The van der Waals surface area contributed by atoms with Gasteiger partial charge in [-0.3, -0.25) is 4.79 Å². The highest BCUT2D eigenvalue weighted by atomic mass is 16.5. The molecule has 1 heterocycles. The van der Waals surface area contributed by atoms with Gasteiger partial charge >= 0.3 is 0 Å². The van der Waals surface area contributed by atoms with E-state index in [1.165, 1.54) is 23.3 Å². The van der Waals surface area contributed by atoms with Gasteiger partial charge in [0.15, 0.2) is 6.61 Å². The average molecular weight is 317 g/mol. The first-order valence-electron chi connectivity index (χ1n) is 8.13. The van der Waals surface area contributed by atoms with Crippen molar-refractivity contribution in [2.75, 3.05) is 20.3 Å². The highest BCUT2D eigenvalue weighted by Gasteiger charge is 2.19. The first kappa shape index (κ1) is 15.9. The van der Waals surface area contributed by atoms with E-state index < -0.39 is 0 Å². The molecule has 1 amide bonds. The minimum absolute atomic E-state index is 0.0353. The molecule has 1 N–H and O–H groups in total. The van der Waals surface area contributed by atoms with Crippen LogP contribution in [0.25, 0.3) is 11.0 Å². The third kappa shape index (κ3) is 3.20. The molecule has 0 aliphatic heterocycles. The summed E-state index contributed by atoms with van der Waals surface area (Å²) in [4.78, 5) is 13.5. The summed E-state index contributed by atoms with van der Waals surface area (Å²) < 4.78 is 11.5. The highest BCUT2D eigenvalue weighted by Crippen LogP contribution is 2.33. The van der Waals surface area contributed by atoms with Crippen LogP contribution in [0.5, 0.6) is 5.75 Å². The number of benzene rings is 1. The molecule has 2 aromatic rings. The van der Waals surface area contributed by atoms with Crippen molar-refractivity contribution in [3.8, 4) is 5.75 Å². The summed E-state index contributed by atoms with van der Waals surface area (Å²) in [6, 6.07) is 5.49. The fraction of sp³-hybridized carbons (Fsp3) is 0.500. The number of rotatable bonds is 5. The molecule has 5 heteroatoms. The summed E-state index contributed by atoms with van der Waals surface area (Å²) >= 11 is 0. The second-order valence-corrected chi connectivity index (χ2v) is 6.19. The van der Waals surface area contributed by atoms with Gasteiger partial charge in [0.25, 0.3) is 5.91 Å². The fourth-order valence-corrected chi connectivity index (χ4v) is 2.95. The van der Waals surface area contributed by atoms with E-state index in [2.05, 4.69) is 0 Å². The van der Waals surface area contributed by atoms with Crippen molar-refractivity contribution >= 4 is 16.9 Å². The summed E-state index contributed by atoms with van der Waals surface area (Å²) in [6.07, 6.45) is 4.42. The molecule has 1 aromatic carbocycles. The first-order valence-corrected chi connectivity index (χ1v) is 8.13. The zero-order valence-electron chi connectivity index (χ0n) is 13.7. The number of aliphatic hydroxyl groups is 1. The molecule has 0 saturated carbocycles. The van der Waals surface area contributed by atoms with E-state index in [4.69, 9.17) is 14.3 Å². The van der Waals surface area contributed by atoms with Gasteiger partial charge in [-0.2, -0.15) is 0 Å². The molecule has 1 aliphatic carbocycles. The molecule has 5 nitrogen and oxygen atoms in total. The van der Waals surface area contributed by atoms with Gasteiger partial charge in [-0.25, -0.2) is 0 Å². The maximum Gasteiger partial charge on any atom is 0.260 e. The number of hydrogen-bond acceptors (Lipinski definition) is 4. The van der Waals surface area contributed by atoms with Crippen molar-refractivity contribution < 1.29 is 19.1 Å². The number of nitrogens with zero attached hydrogens (tertiary/aromatic N) is 1. The van der Waals surface area contributed by atoms with Crippen molar-refractivity contribution in [1.82, 2.24) is 4.90 Å². The van der Waals surface area contributed by atoms with Gasteiger partial charge in [0.05, 0.1) is 12.6 Å². The lowest BCUT2D eigenvalue weighted by Gasteiger charge is -2.23. The topological polar surface area (TPSA) is 62.9 Å². The Kier molecular flexibility index (Phi) is 4.57. The number of carbonyl (C=O) groups is 1. The molecule has 0 fully saturated rings. The molecule has 1 atom stereocenters. The molecule has 1 aromatic heterocycles. The number of carbonyl (C=O) groups excluding carboxylic acids is 1. The minimum Gasteiger partial charge on any atom is -0.484 e. The van der Waals surface area contributed by atoms with Crippen molar-refractivity contribution in [3.63, 3.8) is 0 Å². The number of furan rings is 1. The quantitative estimate of drug-likeness (QED) is 0.920. The number of likely N-dealkylation sites (N-methyl/N-ethyl adjacent to an activating group) is 1. The summed E-state index contributed by atoms with van der Waals surface area (Å²) in [5.74, 6) is 1.61. The molecular formula is C18H23NO4. The zero-order valence-corrected chi connectivity index (χ0v) is 13.7. The Morgan fingerprint density at radius 2 is 2.17 bits per heavy atom. The number of ether oxygens (including phenoxy) is 1. The molecular weight excluding hydrogens is 294 g/mol. The molecule has 1 aliphatic rings. The minimum atomic E-state index is -0.213. The molecule has 0 radical (unpaired) electrons. The van der Waals surface area contributed by atoms with Crippen LogP contribution in [0.15, 0.2) is 22.6 Å². The lowest BCUT2D eigenvalue weighted by Crippen LogP contribution is -2.40. The molecule has 1 unspecified atom stereocenters. The molecule has 0 spiro atoms. The van der Waals surface area contributed by atoms with Crippen LogP contribution in [0.2, 0.25) is 0 Å². The van der Waals surface area contributed by atoms with Gasteiger partial charge in [0.1, 0.15) is 17.1 Å². The second kappa shape index (κ2) is 6.62. The second-order valence-electron chi connectivity index (χ2n) is 6.19. The van der Waals surface area contributed by atoms with Gasteiger partial charge in [-0.15, -0.1) is 0 Å². The van der Waals surface area contributed by atoms with Crippen LogP contribution < -0.4 is 4.74 Å². The van der Waals surface area contributed by atoms with Gasteiger partial charge in [-0.05, 0) is 44.4 Å². The molecule has 0 saturated heterocycles. The van der Waals surface area contributed by atoms with Crippen LogP contribution in [-0.4, -0.2) is 42.2 Å². The van der Waals surface area contributed by atoms with E-state index in [1.54, 1.807) is 14.0 Å². The van der Waals surface area contributed by atoms with Gasteiger partial charge in [-0.1, -0.05) is 0 Å². The number of amides is 1. The Balaban J connectivity index is 1.72. The smallest absolute Gasteiger partial charge is 0.260 e. The van der Waals surface area contributed by atoms with Crippen molar-refractivity contribution in [2.24, 2.45) is 0 Å². The Bertz CT molecular complexity index is 706. The predicted octanol–water partition coefficient (Wildman–Crippen LogP) is 2.53.